The zero-order valence-electron chi connectivity index (χ0n) is 11.0. The Kier molecular flexibility index (Phi) is 9.00. The van der Waals surface area contributed by atoms with Crippen molar-refractivity contribution >= 4 is 28.9 Å². The largest absolute Gasteiger partial charge is 0.335 e. The highest BCUT2D eigenvalue weighted by atomic mass is 27.0. The van der Waals surface area contributed by atoms with E-state index in [1.54, 1.807) is 34.6 Å². The molecule has 0 spiro atoms. The molecule has 0 unspecified atom stereocenters. The third-order valence-electron chi connectivity index (χ3n) is 1.96. The highest BCUT2D eigenvalue weighted by Crippen LogP contribution is 2.22. The third-order valence-corrected chi connectivity index (χ3v) is 1.96. The Bertz CT molecular complexity index is 251. The maximum atomic E-state index is 11.9. The molecule has 0 aromatic carbocycles. The summed E-state index contributed by atoms with van der Waals surface area (Å²) in [6.45, 7) is 10.1. The Labute approximate surface area is 114 Å². The van der Waals surface area contributed by atoms with Crippen LogP contribution in [0, 0.1) is 0 Å². The fourth-order valence-corrected chi connectivity index (χ4v) is 1.42. The molecular formula is C12H25AlO4. The van der Waals surface area contributed by atoms with Gasteiger partial charge in [0.05, 0.1) is 12.2 Å². The summed E-state index contributed by atoms with van der Waals surface area (Å²) in [5, 5.41) is 0. The van der Waals surface area contributed by atoms with E-state index in [1.165, 1.54) is 6.92 Å². The molecule has 100 valence electrons. The van der Waals surface area contributed by atoms with Crippen LogP contribution < -0.4 is 0 Å². The van der Waals surface area contributed by atoms with E-state index >= 15 is 0 Å². The average Bonchev–Trinajstić information content (AvgIpc) is 2.13. The summed E-state index contributed by atoms with van der Waals surface area (Å²) in [6, 6.07) is 0. The van der Waals surface area contributed by atoms with Gasteiger partial charge in [0, 0.05) is 13.3 Å². The van der Waals surface area contributed by atoms with Gasteiger partial charge in [-0.15, -0.1) is 0 Å². The third kappa shape index (κ3) is 5.31. The summed E-state index contributed by atoms with van der Waals surface area (Å²) in [4.78, 5) is 23.5. The summed E-state index contributed by atoms with van der Waals surface area (Å²) in [5.41, 5.74) is 0. The smallest absolute Gasteiger partial charge is 0.290 e. The first-order valence-electron chi connectivity index (χ1n) is 5.66. The molecule has 0 N–H and O–H groups in total. The molecule has 0 saturated heterocycles. The van der Waals surface area contributed by atoms with Crippen LogP contribution in [-0.4, -0.2) is 46.9 Å². The summed E-state index contributed by atoms with van der Waals surface area (Å²) in [5.74, 6) is -2.46. The number of ketones is 2. The predicted molar refractivity (Wildman–Crippen MR) is 71.1 cm³/mol. The lowest BCUT2D eigenvalue weighted by Gasteiger charge is -2.33. The van der Waals surface area contributed by atoms with Crippen molar-refractivity contribution in [1.29, 1.82) is 0 Å². The second kappa shape index (κ2) is 7.99. The van der Waals surface area contributed by atoms with Gasteiger partial charge < -0.3 is 9.47 Å². The maximum absolute atomic E-state index is 11.9. The second-order valence-corrected chi connectivity index (χ2v) is 4.28. The molecule has 0 fully saturated rings. The molecule has 17 heavy (non-hydrogen) atoms. The van der Waals surface area contributed by atoms with E-state index in [0.29, 0.717) is 0 Å². The molecule has 4 nitrogen and oxygen atoms in total. The Balaban J connectivity index is 0. The zero-order valence-corrected chi connectivity index (χ0v) is 11.0. The molecule has 0 aliphatic carbocycles. The van der Waals surface area contributed by atoms with Crippen LogP contribution in [0.1, 0.15) is 48.0 Å². The molecule has 0 aliphatic rings. The number of rotatable bonds is 7. The van der Waals surface area contributed by atoms with Gasteiger partial charge in [0.2, 0.25) is 0 Å². The van der Waals surface area contributed by atoms with Crippen molar-refractivity contribution in [3.8, 4) is 0 Å². The Morgan fingerprint density at radius 1 is 1.06 bits per heavy atom. The van der Waals surface area contributed by atoms with E-state index in [9.17, 15) is 9.59 Å². The number of carbonyl (C=O) groups excluding carboxylic acids is 2. The fourth-order valence-electron chi connectivity index (χ4n) is 1.42. The number of carbonyl (C=O) groups is 2. The van der Waals surface area contributed by atoms with Crippen molar-refractivity contribution in [2.45, 2.75) is 66.0 Å². The minimum absolute atomic E-state index is 0. The number of Topliss-reactive ketones (excluding diaryl/α,β-unsaturated/α-hetero) is 2. The van der Waals surface area contributed by atoms with Gasteiger partial charge in [-0.25, -0.2) is 0 Å². The van der Waals surface area contributed by atoms with Crippen LogP contribution in [0.15, 0.2) is 0 Å². The van der Waals surface area contributed by atoms with Crippen LogP contribution in [0.4, 0.5) is 0 Å². The highest BCUT2D eigenvalue weighted by Gasteiger charge is 2.46. The number of ether oxygens (including phenoxy) is 2. The summed E-state index contributed by atoms with van der Waals surface area (Å²) >= 11 is 0. The summed E-state index contributed by atoms with van der Waals surface area (Å²) < 4.78 is 10.9. The van der Waals surface area contributed by atoms with E-state index in [1.807, 2.05) is 0 Å². The first-order valence-corrected chi connectivity index (χ1v) is 5.66. The predicted octanol–water partition coefficient (Wildman–Crippen LogP) is 0.917. The standard InChI is InChI=1S/C12H22O4.Al.3H/c1-7-11(14)12(10(6)13,15-8(2)3)16-9(4)5;;;;/h8-9H,7H2,1-6H3;;;;. The summed E-state index contributed by atoms with van der Waals surface area (Å²) in [7, 11) is 0. The van der Waals surface area contributed by atoms with Gasteiger partial charge in [-0.1, -0.05) is 6.92 Å². The van der Waals surface area contributed by atoms with Crippen molar-refractivity contribution in [3.63, 3.8) is 0 Å². The zero-order chi connectivity index (χ0) is 12.9. The summed E-state index contributed by atoms with van der Waals surface area (Å²) in [6.07, 6.45) is -0.296. The Morgan fingerprint density at radius 3 is 1.59 bits per heavy atom. The van der Waals surface area contributed by atoms with E-state index < -0.39 is 11.6 Å². The number of hydrogen-bond donors (Lipinski definition) is 0. The molecule has 0 bridgehead atoms. The van der Waals surface area contributed by atoms with Crippen molar-refractivity contribution in [2.75, 3.05) is 0 Å². The molecule has 0 aromatic rings. The second-order valence-electron chi connectivity index (χ2n) is 4.28. The minimum Gasteiger partial charge on any atom is -0.335 e. The Morgan fingerprint density at radius 2 is 1.41 bits per heavy atom. The van der Waals surface area contributed by atoms with Crippen LogP contribution in [0.3, 0.4) is 0 Å². The van der Waals surface area contributed by atoms with E-state index in [-0.39, 0.29) is 41.8 Å². The molecular weight excluding hydrogens is 235 g/mol. The first-order chi connectivity index (χ1) is 7.26. The van der Waals surface area contributed by atoms with Gasteiger partial charge in [0.25, 0.3) is 5.79 Å². The van der Waals surface area contributed by atoms with Crippen LogP contribution in [0.5, 0.6) is 0 Å². The first kappa shape index (κ1) is 19.1. The lowest BCUT2D eigenvalue weighted by atomic mass is 10.0. The molecule has 5 heteroatoms. The number of hydrogen-bond acceptors (Lipinski definition) is 4. The normalized spacial score (nSPS) is 11.5. The van der Waals surface area contributed by atoms with Gasteiger partial charge in [-0.2, -0.15) is 0 Å². The molecule has 0 aromatic heterocycles. The van der Waals surface area contributed by atoms with Crippen molar-refractivity contribution in [1.82, 2.24) is 0 Å². The maximum Gasteiger partial charge on any atom is 0.290 e. The fraction of sp³-hybridized carbons (Fsp3) is 0.833. The van der Waals surface area contributed by atoms with Gasteiger partial charge in [0.15, 0.2) is 28.9 Å². The highest BCUT2D eigenvalue weighted by molar-refractivity contribution is 6.07. The molecule has 0 atom stereocenters. The lowest BCUT2D eigenvalue weighted by Crippen LogP contribution is -2.53. The van der Waals surface area contributed by atoms with Crippen LogP contribution in [-0.2, 0) is 19.1 Å². The van der Waals surface area contributed by atoms with Crippen molar-refractivity contribution in [3.05, 3.63) is 0 Å². The SMILES string of the molecule is CCC(=O)C(OC(C)C)(OC(C)C)C(C)=O.[AlH3]. The van der Waals surface area contributed by atoms with Crippen LogP contribution in [0.2, 0.25) is 0 Å². The molecule has 0 saturated carbocycles. The topological polar surface area (TPSA) is 52.6 Å². The van der Waals surface area contributed by atoms with Gasteiger partial charge in [0.1, 0.15) is 0 Å². The average molecular weight is 260 g/mol. The minimum atomic E-state index is -1.73. The molecule has 0 radical (unpaired) electrons. The van der Waals surface area contributed by atoms with Gasteiger partial charge in [-0.3, -0.25) is 9.59 Å². The van der Waals surface area contributed by atoms with Crippen molar-refractivity contribution in [2.24, 2.45) is 0 Å². The van der Waals surface area contributed by atoms with E-state index in [0.717, 1.165) is 0 Å². The van der Waals surface area contributed by atoms with Gasteiger partial charge in [-0.05, 0) is 27.7 Å². The van der Waals surface area contributed by atoms with Crippen molar-refractivity contribution < 1.29 is 19.1 Å². The van der Waals surface area contributed by atoms with Gasteiger partial charge >= 0.3 is 0 Å². The molecule has 0 rings (SSSR count). The monoisotopic (exact) mass is 260 g/mol. The molecule has 0 heterocycles. The lowest BCUT2D eigenvalue weighted by molar-refractivity contribution is -0.243. The van der Waals surface area contributed by atoms with E-state index in [2.05, 4.69) is 0 Å². The quantitative estimate of drug-likeness (QED) is 0.388. The van der Waals surface area contributed by atoms with Crippen LogP contribution >= 0.6 is 0 Å². The molecule has 0 aliphatic heterocycles. The van der Waals surface area contributed by atoms with E-state index in [4.69, 9.17) is 9.47 Å². The molecule has 0 amide bonds. The Hall–Kier alpha value is -0.208. The van der Waals surface area contributed by atoms with Crippen LogP contribution in [0.25, 0.3) is 0 Å².